The summed E-state index contributed by atoms with van der Waals surface area (Å²) in [6.07, 6.45) is -0.552. The number of carboxylic acid groups (broad SMARTS) is 1. The number of benzene rings is 1. The van der Waals surface area contributed by atoms with Crippen LogP contribution in [-0.2, 0) is 19.6 Å². The molecule has 8 heteroatoms. The van der Waals surface area contributed by atoms with E-state index in [2.05, 4.69) is 10.0 Å². The van der Waals surface area contributed by atoms with Crippen molar-refractivity contribution in [1.82, 2.24) is 4.72 Å². The van der Waals surface area contributed by atoms with Gasteiger partial charge in [-0.3, -0.25) is 4.79 Å². The van der Waals surface area contributed by atoms with E-state index in [1.807, 2.05) is 0 Å². The quantitative estimate of drug-likeness (QED) is 0.625. The predicted octanol–water partition coefficient (Wildman–Crippen LogP) is 0.886. The predicted molar refractivity (Wildman–Crippen MR) is 78.8 cm³/mol. The van der Waals surface area contributed by atoms with Crippen molar-refractivity contribution in [3.8, 4) is 0 Å². The average molecular weight is 316 g/mol. The molecule has 1 aromatic rings. The Morgan fingerprint density at radius 2 is 1.95 bits per heavy atom. The summed E-state index contributed by atoms with van der Waals surface area (Å²) in [5, 5.41) is 11.7. The fourth-order valence-corrected chi connectivity index (χ4v) is 2.73. The van der Waals surface area contributed by atoms with Crippen LogP contribution in [0, 0.1) is 0 Å². The molecule has 0 radical (unpaired) electrons. The number of nitrogens with one attached hydrogen (secondary N) is 2. The molecular weight excluding hydrogens is 296 g/mol. The molecule has 21 heavy (non-hydrogen) atoms. The molecule has 0 bridgehead atoms. The second-order valence-electron chi connectivity index (χ2n) is 4.36. The molecule has 0 saturated carbocycles. The standard InChI is InChI=1S/C13H20N2O5S/c1-3-15-21(18,19)12-6-4-10(5-7-12)14-9-11(20-2)8-13(16)17/h4-7,11,14-15H,3,8-9H2,1-2H3,(H,16,17). The van der Waals surface area contributed by atoms with Gasteiger partial charge in [0.25, 0.3) is 0 Å². The SMILES string of the molecule is CCNS(=O)(=O)c1ccc(NCC(CC(=O)O)OC)cc1. The molecule has 0 spiro atoms. The highest BCUT2D eigenvalue weighted by Crippen LogP contribution is 2.14. The summed E-state index contributed by atoms with van der Waals surface area (Å²) in [5.74, 6) is -0.935. The third kappa shape index (κ3) is 5.70. The van der Waals surface area contributed by atoms with Crippen molar-refractivity contribution in [3.05, 3.63) is 24.3 Å². The molecule has 0 aromatic heterocycles. The van der Waals surface area contributed by atoms with E-state index in [0.717, 1.165) is 0 Å². The third-order valence-electron chi connectivity index (χ3n) is 2.77. The fraction of sp³-hybridized carbons (Fsp3) is 0.462. The Labute approximate surface area is 124 Å². The van der Waals surface area contributed by atoms with E-state index in [9.17, 15) is 13.2 Å². The molecule has 0 saturated heterocycles. The molecule has 0 heterocycles. The van der Waals surface area contributed by atoms with E-state index in [1.54, 1.807) is 19.1 Å². The molecule has 7 nitrogen and oxygen atoms in total. The maximum absolute atomic E-state index is 11.8. The summed E-state index contributed by atoms with van der Waals surface area (Å²) >= 11 is 0. The normalized spacial score (nSPS) is 12.9. The number of carboxylic acids is 1. The van der Waals surface area contributed by atoms with Crippen LogP contribution in [0.1, 0.15) is 13.3 Å². The molecule has 1 unspecified atom stereocenters. The number of carbonyl (C=O) groups is 1. The van der Waals surface area contributed by atoms with Crippen molar-refractivity contribution in [3.63, 3.8) is 0 Å². The van der Waals surface area contributed by atoms with Crippen molar-refractivity contribution < 1.29 is 23.1 Å². The largest absolute Gasteiger partial charge is 0.481 e. The fourth-order valence-electron chi connectivity index (χ4n) is 1.69. The van der Waals surface area contributed by atoms with Gasteiger partial charge in [-0.25, -0.2) is 13.1 Å². The number of aliphatic carboxylic acids is 1. The minimum atomic E-state index is -3.46. The summed E-state index contributed by atoms with van der Waals surface area (Å²) < 4.78 is 31.0. The molecule has 118 valence electrons. The smallest absolute Gasteiger partial charge is 0.306 e. The van der Waals surface area contributed by atoms with Crippen molar-refractivity contribution in [1.29, 1.82) is 0 Å². The minimum absolute atomic E-state index is 0.101. The van der Waals surface area contributed by atoms with E-state index in [1.165, 1.54) is 19.2 Å². The van der Waals surface area contributed by atoms with Crippen LogP contribution in [0.25, 0.3) is 0 Å². The van der Waals surface area contributed by atoms with Crippen molar-refractivity contribution >= 4 is 21.7 Å². The highest BCUT2D eigenvalue weighted by Gasteiger charge is 2.13. The molecule has 0 aliphatic heterocycles. The van der Waals surface area contributed by atoms with Crippen molar-refractivity contribution in [2.75, 3.05) is 25.5 Å². The van der Waals surface area contributed by atoms with Gasteiger partial charge in [0, 0.05) is 25.9 Å². The monoisotopic (exact) mass is 316 g/mol. The van der Waals surface area contributed by atoms with E-state index >= 15 is 0 Å². The first kappa shape index (κ1) is 17.4. The van der Waals surface area contributed by atoms with Gasteiger partial charge in [-0.2, -0.15) is 0 Å². The van der Waals surface area contributed by atoms with Crippen LogP contribution in [0.3, 0.4) is 0 Å². The number of ether oxygens (including phenoxy) is 1. The summed E-state index contributed by atoms with van der Waals surface area (Å²) in [6.45, 7) is 2.36. The first-order valence-corrected chi connectivity index (χ1v) is 7.95. The summed E-state index contributed by atoms with van der Waals surface area (Å²) in [6, 6.07) is 6.22. The van der Waals surface area contributed by atoms with Gasteiger partial charge in [0.2, 0.25) is 10.0 Å². The number of methoxy groups -OCH3 is 1. The molecule has 1 atom stereocenters. The molecule has 1 rings (SSSR count). The maximum Gasteiger partial charge on any atom is 0.306 e. The van der Waals surface area contributed by atoms with Crippen LogP contribution < -0.4 is 10.0 Å². The van der Waals surface area contributed by atoms with Crippen LogP contribution >= 0.6 is 0 Å². The highest BCUT2D eigenvalue weighted by atomic mass is 32.2. The van der Waals surface area contributed by atoms with Gasteiger partial charge in [0.05, 0.1) is 17.4 Å². The Morgan fingerprint density at radius 1 is 1.33 bits per heavy atom. The Kier molecular flexibility index (Phi) is 6.60. The van der Waals surface area contributed by atoms with Gasteiger partial charge in [-0.05, 0) is 24.3 Å². The molecule has 1 aromatic carbocycles. The highest BCUT2D eigenvalue weighted by molar-refractivity contribution is 7.89. The third-order valence-corrected chi connectivity index (χ3v) is 4.33. The zero-order chi connectivity index (χ0) is 15.9. The lowest BCUT2D eigenvalue weighted by Crippen LogP contribution is -2.25. The first-order valence-electron chi connectivity index (χ1n) is 6.47. The number of hydrogen-bond acceptors (Lipinski definition) is 5. The lowest BCUT2D eigenvalue weighted by molar-refractivity contribution is -0.139. The molecular formula is C13H20N2O5S. The molecule has 0 aliphatic carbocycles. The number of sulfonamides is 1. The van der Waals surface area contributed by atoms with E-state index in [-0.39, 0.29) is 11.3 Å². The van der Waals surface area contributed by atoms with Crippen LogP contribution in [0.5, 0.6) is 0 Å². The molecule has 0 aliphatic rings. The Hall–Kier alpha value is -1.64. The van der Waals surface area contributed by atoms with Crippen LogP contribution in [0.15, 0.2) is 29.2 Å². The summed E-state index contributed by atoms with van der Waals surface area (Å²) in [4.78, 5) is 10.8. The van der Waals surface area contributed by atoms with Crippen molar-refractivity contribution in [2.24, 2.45) is 0 Å². The number of rotatable bonds is 9. The van der Waals surface area contributed by atoms with Gasteiger partial charge in [-0.1, -0.05) is 6.92 Å². The van der Waals surface area contributed by atoms with Gasteiger partial charge in [-0.15, -0.1) is 0 Å². The van der Waals surface area contributed by atoms with Gasteiger partial charge in [0.15, 0.2) is 0 Å². The second-order valence-corrected chi connectivity index (χ2v) is 6.13. The van der Waals surface area contributed by atoms with E-state index in [4.69, 9.17) is 9.84 Å². The first-order chi connectivity index (χ1) is 9.89. The summed E-state index contributed by atoms with van der Waals surface area (Å²) in [7, 11) is -2.01. The number of hydrogen-bond donors (Lipinski definition) is 3. The minimum Gasteiger partial charge on any atom is -0.481 e. The Bertz CT molecular complexity index is 556. The van der Waals surface area contributed by atoms with Gasteiger partial charge < -0.3 is 15.2 Å². The molecule has 0 amide bonds. The maximum atomic E-state index is 11.8. The number of anilines is 1. The van der Waals surface area contributed by atoms with Crippen LogP contribution in [-0.4, -0.2) is 45.8 Å². The van der Waals surface area contributed by atoms with Crippen LogP contribution in [0.2, 0.25) is 0 Å². The average Bonchev–Trinajstić information content (AvgIpc) is 2.43. The Balaban J connectivity index is 2.65. The topological polar surface area (TPSA) is 105 Å². The van der Waals surface area contributed by atoms with Crippen molar-refractivity contribution in [2.45, 2.75) is 24.3 Å². The molecule has 0 fully saturated rings. The zero-order valence-corrected chi connectivity index (χ0v) is 12.8. The zero-order valence-electron chi connectivity index (χ0n) is 12.0. The second kappa shape index (κ2) is 7.96. The Morgan fingerprint density at radius 3 is 2.43 bits per heavy atom. The van der Waals surface area contributed by atoms with Gasteiger partial charge in [0.1, 0.15) is 0 Å². The summed E-state index contributed by atoms with van der Waals surface area (Å²) in [5.41, 5.74) is 0.692. The lowest BCUT2D eigenvalue weighted by Gasteiger charge is -2.15. The molecule has 3 N–H and O–H groups in total. The lowest BCUT2D eigenvalue weighted by atomic mass is 10.2. The van der Waals surface area contributed by atoms with Gasteiger partial charge >= 0.3 is 5.97 Å². The van der Waals surface area contributed by atoms with Crippen LogP contribution in [0.4, 0.5) is 5.69 Å². The van der Waals surface area contributed by atoms with E-state index < -0.39 is 22.1 Å². The van der Waals surface area contributed by atoms with E-state index in [0.29, 0.717) is 18.8 Å².